The summed E-state index contributed by atoms with van der Waals surface area (Å²) in [6.07, 6.45) is -1.99. The molecule has 1 atom stereocenters. The van der Waals surface area contributed by atoms with Gasteiger partial charge in [-0.05, 0) is 6.92 Å². The second-order valence-electron chi connectivity index (χ2n) is 4.64. The van der Waals surface area contributed by atoms with Gasteiger partial charge in [0.25, 0.3) is 5.56 Å². The zero-order valence-electron chi connectivity index (χ0n) is 12.6. The lowest BCUT2D eigenvalue weighted by atomic mass is 10.1. The van der Waals surface area contributed by atoms with Crippen molar-refractivity contribution in [3.05, 3.63) is 68.7 Å². The first-order valence-corrected chi connectivity index (χ1v) is 6.97. The first-order chi connectivity index (χ1) is 11.4. The summed E-state index contributed by atoms with van der Waals surface area (Å²) in [4.78, 5) is 49.0. The molecule has 0 aliphatic rings. The minimum Gasteiger partial charge on any atom is -0.450 e. The van der Waals surface area contributed by atoms with Gasteiger partial charge in [-0.15, -0.1) is 0 Å². The lowest BCUT2D eigenvalue weighted by Crippen LogP contribution is -2.45. The van der Waals surface area contributed by atoms with Crippen LogP contribution >= 0.6 is 0 Å². The van der Waals surface area contributed by atoms with Gasteiger partial charge in [0.15, 0.2) is 6.17 Å². The third kappa shape index (κ3) is 3.75. The summed E-state index contributed by atoms with van der Waals surface area (Å²) in [6.45, 7) is 1.59. The van der Waals surface area contributed by atoms with E-state index in [0.717, 1.165) is 0 Å². The molecule has 0 fully saturated rings. The predicted octanol–water partition coefficient (Wildman–Crippen LogP) is 0.803. The van der Waals surface area contributed by atoms with E-state index in [0.29, 0.717) is 10.8 Å². The number of nitrogens with one attached hydrogen (secondary N) is 2. The summed E-state index contributed by atoms with van der Waals surface area (Å²) in [6, 6.07) is 7.79. The van der Waals surface area contributed by atoms with Gasteiger partial charge in [0.2, 0.25) is 11.6 Å². The average Bonchev–Trinajstić information content (AvgIpc) is 2.57. The number of ether oxygens (including phenoxy) is 1. The highest BCUT2D eigenvalue weighted by molar-refractivity contribution is 6.00. The molecule has 2 aromatic rings. The molecule has 8 nitrogen and oxygen atoms in total. The maximum Gasteiger partial charge on any atom is 0.409 e. The number of Topliss-reactive ketones (excluding diaryl/α,β-unsaturated/α-hetero) is 1. The van der Waals surface area contributed by atoms with E-state index in [1.54, 1.807) is 30.1 Å². The van der Waals surface area contributed by atoms with Crippen LogP contribution in [0.3, 0.4) is 0 Å². The number of alkyl carbamates (subject to hydrolysis) is 1. The summed E-state index contributed by atoms with van der Waals surface area (Å²) >= 11 is 0. The number of ketones is 1. The Bertz CT molecular complexity index is 859. The van der Waals surface area contributed by atoms with E-state index in [2.05, 4.69) is 5.32 Å². The molecule has 0 aliphatic carbocycles. The highest BCUT2D eigenvalue weighted by atomic mass is 19.1. The molecule has 2 N–H and O–H groups in total. The zero-order valence-corrected chi connectivity index (χ0v) is 12.6. The fourth-order valence-corrected chi connectivity index (χ4v) is 1.96. The fraction of sp³-hybridized carbons (Fsp3) is 0.200. The highest BCUT2D eigenvalue weighted by Gasteiger charge is 2.26. The number of hydrogen-bond acceptors (Lipinski definition) is 5. The van der Waals surface area contributed by atoms with Crippen molar-refractivity contribution >= 4 is 11.9 Å². The highest BCUT2D eigenvalue weighted by Crippen LogP contribution is 2.11. The molecule has 0 saturated heterocycles. The molecular weight excluding hydrogens is 321 g/mol. The van der Waals surface area contributed by atoms with Gasteiger partial charge in [0.05, 0.1) is 12.8 Å². The number of aromatic nitrogens is 2. The van der Waals surface area contributed by atoms with Crippen molar-refractivity contribution in [2.75, 3.05) is 6.61 Å². The van der Waals surface area contributed by atoms with Crippen molar-refractivity contribution in [3.63, 3.8) is 0 Å². The number of aromatic amines is 1. The van der Waals surface area contributed by atoms with Gasteiger partial charge in [-0.1, -0.05) is 30.3 Å². The number of rotatable bonds is 5. The third-order valence-electron chi connectivity index (χ3n) is 3.04. The summed E-state index contributed by atoms with van der Waals surface area (Å²) in [5.74, 6) is -1.96. The van der Waals surface area contributed by atoms with Crippen LogP contribution in [0.4, 0.5) is 9.18 Å². The van der Waals surface area contributed by atoms with Gasteiger partial charge in [0.1, 0.15) is 0 Å². The van der Waals surface area contributed by atoms with Crippen LogP contribution in [0.2, 0.25) is 0 Å². The van der Waals surface area contributed by atoms with Crippen LogP contribution in [-0.4, -0.2) is 28.0 Å². The average molecular weight is 335 g/mol. The molecule has 24 heavy (non-hydrogen) atoms. The Hall–Kier alpha value is -3.23. The summed E-state index contributed by atoms with van der Waals surface area (Å²) in [5.41, 5.74) is -2.09. The monoisotopic (exact) mass is 335 g/mol. The first kappa shape index (κ1) is 17.1. The minimum absolute atomic E-state index is 0.0347. The summed E-state index contributed by atoms with van der Waals surface area (Å²) < 4.78 is 18.8. The van der Waals surface area contributed by atoms with E-state index in [-0.39, 0.29) is 12.2 Å². The quantitative estimate of drug-likeness (QED) is 0.786. The van der Waals surface area contributed by atoms with Crippen LogP contribution in [0.5, 0.6) is 0 Å². The molecule has 2 rings (SSSR count). The van der Waals surface area contributed by atoms with E-state index < -0.39 is 35.1 Å². The number of carbonyl (C=O) groups excluding carboxylic acids is 2. The number of halogens is 1. The minimum atomic E-state index is -1.58. The van der Waals surface area contributed by atoms with Crippen LogP contribution in [0, 0.1) is 5.82 Å². The fourth-order valence-electron chi connectivity index (χ4n) is 1.96. The number of nitrogens with zero attached hydrogens (tertiary/aromatic N) is 1. The zero-order chi connectivity index (χ0) is 17.7. The van der Waals surface area contributed by atoms with E-state index in [1.807, 2.05) is 0 Å². The van der Waals surface area contributed by atoms with Crippen LogP contribution in [0.15, 0.2) is 46.1 Å². The molecule has 1 unspecified atom stereocenters. The Morgan fingerprint density at radius 1 is 1.29 bits per heavy atom. The van der Waals surface area contributed by atoms with Gasteiger partial charge < -0.3 is 4.74 Å². The molecule has 0 aliphatic heterocycles. The van der Waals surface area contributed by atoms with Crippen LogP contribution in [0.1, 0.15) is 23.4 Å². The van der Waals surface area contributed by atoms with Gasteiger partial charge in [-0.25, -0.2) is 9.59 Å². The number of H-pyrrole nitrogens is 1. The van der Waals surface area contributed by atoms with Gasteiger partial charge in [0, 0.05) is 5.56 Å². The van der Waals surface area contributed by atoms with E-state index in [1.165, 1.54) is 12.1 Å². The maximum absolute atomic E-state index is 13.5. The molecule has 0 radical (unpaired) electrons. The SMILES string of the molecule is CCOC(=O)NC(C(=O)c1ccccc1)n1cc(F)c(=O)[nH]c1=O. The smallest absolute Gasteiger partial charge is 0.409 e. The topological polar surface area (TPSA) is 110 Å². The Morgan fingerprint density at radius 3 is 2.58 bits per heavy atom. The van der Waals surface area contributed by atoms with Crippen molar-refractivity contribution in [2.45, 2.75) is 13.1 Å². The molecule has 1 amide bonds. The van der Waals surface area contributed by atoms with Gasteiger partial charge >= 0.3 is 11.8 Å². The molecule has 126 valence electrons. The standard InChI is InChI=1S/C15H14FN3O5/c1-2-24-15(23)17-12(11(20)9-6-4-3-5-7-9)19-8-10(16)13(21)18-14(19)22/h3-8,12H,2H2,1H3,(H,17,23)(H,18,21,22). The Balaban J connectivity index is 2.49. The summed E-state index contributed by atoms with van der Waals surface area (Å²) in [5, 5.41) is 2.18. The second kappa shape index (κ2) is 7.36. The number of carbonyl (C=O) groups is 2. The molecule has 0 spiro atoms. The molecule has 1 heterocycles. The number of hydrogen-bond donors (Lipinski definition) is 2. The molecule has 0 bridgehead atoms. The van der Waals surface area contributed by atoms with Crippen molar-refractivity contribution in [1.29, 1.82) is 0 Å². The Kier molecular flexibility index (Phi) is 5.25. The first-order valence-electron chi connectivity index (χ1n) is 6.97. The molecular formula is C15H14FN3O5. The van der Waals surface area contributed by atoms with E-state index in [4.69, 9.17) is 4.74 Å². The van der Waals surface area contributed by atoms with Crippen molar-refractivity contribution in [3.8, 4) is 0 Å². The summed E-state index contributed by atoms with van der Waals surface area (Å²) in [7, 11) is 0. The maximum atomic E-state index is 13.5. The normalized spacial score (nSPS) is 11.6. The Labute approximate surface area is 134 Å². The molecule has 1 aromatic heterocycles. The van der Waals surface area contributed by atoms with Gasteiger partial charge in [-0.3, -0.25) is 24.5 Å². The van der Waals surface area contributed by atoms with Crippen LogP contribution < -0.4 is 16.6 Å². The predicted molar refractivity (Wildman–Crippen MR) is 81.2 cm³/mol. The van der Waals surface area contributed by atoms with Crippen molar-refractivity contribution in [2.24, 2.45) is 0 Å². The van der Waals surface area contributed by atoms with E-state index >= 15 is 0 Å². The van der Waals surface area contributed by atoms with Crippen molar-refractivity contribution in [1.82, 2.24) is 14.9 Å². The van der Waals surface area contributed by atoms with E-state index in [9.17, 15) is 23.6 Å². The third-order valence-corrected chi connectivity index (χ3v) is 3.04. The lowest BCUT2D eigenvalue weighted by Gasteiger charge is -2.19. The Morgan fingerprint density at radius 2 is 1.96 bits per heavy atom. The van der Waals surface area contributed by atoms with Crippen LogP contribution in [0.25, 0.3) is 0 Å². The largest absolute Gasteiger partial charge is 0.450 e. The van der Waals surface area contributed by atoms with Crippen LogP contribution in [-0.2, 0) is 4.74 Å². The molecule has 0 saturated carbocycles. The van der Waals surface area contributed by atoms with Gasteiger partial charge in [-0.2, -0.15) is 4.39 Å². The molecule has 1 aromatic carbocycles. The number of amides is 1. The number of benzene rings is 1. The van der Waals surface area contributed by atoms with Crippen molar-refractivity contribution < 1.29 is 18.7 Å². The lowest BCUT2D eigenvalue weighted by molar-refractivity contribution is 0.0871. The molecule has 9 heteroatoms. The second-order valence-corrected chi connectivity index (χ2v) is 4.64.